The molecular weight excluding hydrogens is 358 g/mol. The van der Waals surface area contributed by atoms with Crippen molar-refractivity contribution in [2.24, 2.45) is 0 Å². The fourth-order valence-corrected chi connectivity index (χ4v) is 3.78. The number of ether oxygens (including phenoxy) is 1. The van der Waals surface area contributed by atoms with Crippen LogP contribution in [0.1, 0.15) is 142 Å². The van der Waals surface area contributed by atoms with Crippen LogP contribution in [0.2, 0.25) is 0 Å². The number of carbonyl (C=O) groups is 1. The van der Waals surface area contributed by atoms with E-state index in [-0.39, 0.29) is 5.91 Å². The average molecular weight is 412 g/mol. The Labute approximate surface area is 183 Å². The monoisotopic (exact) mass is 411 g/mol. The van der Waals surface area contributed by atoms with Crippen LogP contribution in [0.15, 0.2) is 0 Å². The van der Waals surface area contributed by atoms with Gasteiger partial charge in [-0.25, -0.2) is 0 Å². The molecule has 1 N–H and O–H groups in total. The smallest absolute Gasteiger partial charge is 0.220 e. The predicted octanol–water partition coefficient (Wildman–Crippen LogP) is 7.96. The van der Waals surface area contributed by atoms with Crippen molar-refractivity contribution in [1.82, 2.24) is 5.32 Å². The lowest BCUT2D eigenvalue weighted by atomic mass is 10.0. The van der Waals surface area contributed by atoms with Crippen LogP contribution in [0.25, 0.3) is 0 Å². The minimum atomic E-state index is 0.182. The first-order valence-corrected chi connectivity index (χ1v) is 13.2. The molecule has 0 saturated heterocycles. The van der Waals surface area contributed by atoms with E-state index in [1.807, 2.05) is 0 Å². The van der Waals surface area contributed by atoms with Crippen LogP contribution in [0, 0.1) is 0 Å². The average Bonchev–Trinajstić information content (AvgIpc) is 2.72. The summed E-state index contributed by atoms with van der Waals surface area (Å²) in [6.45, 7) is 6.46. The number of nitrogens with one attached hydrogen (secondary N) is 1. The molecule has 0 aromatic heterocycles. The molecule has 0 saturated carbocycles. The maximum atomic E-state index is 11.7. The molecule has 0 aromatic rings. The van der Waals surface area contributed by atoms with Crippen LogP contribution in [0.3, 0.4) is 0 Å². The van der Waals surface area contributed by atoms with Crippen LogP contribution in [-0.4, -0.2) is 25.7 Å². The van der Waals surface area contributed by atoms with Gasteiger partial charge >= 0.3 is 0 Å². The third-order valence-electron chi connectivity index (χ3n) is 5.67. The third-order valence-corrected chi connectivity index (χ3v) is 5.67. The standard InChI is InChI=1S/C26H53NO2/c1-3-5-6-7-8-9-10-11-12-13-14-15-16-17-18-19-20-21-22-26(28)27-23-25-29-24-4-2/h3-25H2,1-2H3,(H,27,28). The van der Waals surface area contributed by atoms with E-state index in [4.69, 9.17) is 4.74 Å². The van der Waals surface area contributed by atoms with Gasteiger partial charge in [0, 0.05) is 19.6 Å². The Hall–Kier alpha value is -0.570. The molecule has 0 spiro atoms. The van der Waals surface area contributed by atoms with Crippen molar-refractivity contribution in [1.29, 1.82) is 0 Å². The summed E-state index contributed by atoms with van der Waals surface area (Å²) in [5, 5.41) is 2.93. The highest BCUT2D eigenvalue weighted by Crippen LogP contribution is 2.14. The topological polar surface area (TPSA) is 38.3 Å². The third kappa shape index (κ3) is 25.4. The Kier molecular flexibility index (Phi) is 25.0. The first-order chi connectivity index (χ1) is 14.3. The van der Waals surface area contributed by atoms with Gasteiger partial charge in [-0.2, -0.15) is 0 Å². The maximum absolute atomic E-state index is 11.7. The summed E-state index contributed by atoms with van der Waals surface area (Å²) in [5.41, 5.74) is 0. The number of unbranched alkanes of at least 4 members (excludes halogenated alkanes) is 17. The van der Waals surface area contributed by atoms with Crippen molar-refractivity contribution >= 4 is 5.91 Å². The zero-order valence-electron chi connectivity index (χ0n) is 20.1. The molecule has 0 rings (SSSR count). The normalized spacial score (nSPS) is 11.1. The molecular formula is C26H53NO2. The maximum Gasteiger partial charge on any atom is 0.220 e. The summed E-state index contributed by atoms with van der Waals surface area (Å²) in [6.07, 6.45) is 26.6. The van der Waals surface area contributed by atoms with Gasteiger partial charge in [0.1, 0.15) is 0 Å². The fraction of sp³-hybridized carbons (Fsp3) is 0.962. The molecule has 0 aliphatic heterocycles. The molecule has 3 heteroatoms. The second-order valence-corrected chi connectivity index (χ2v) is 8.72. The molecule has 0 aliphatic carbocycles. The van der Waals surface area contributed by atoms with E-state index < -0.39 is 0 Å². The van der Waals surface area contributed by atoms with Gasteiger partial charge in [-0.1, -0.05) is 123 Å². The lowest BCUT2D eigenvalue weighted by molar-refractivity contribution is -0.121. The molecule has 0 radical (unpaired) electrons. The quantitative estimate of drug-likeness (QED) is 0.164. The molecule has 3 nitrogen and oxygen atoms in total. The van der Waals surface area contributed by atoms with Crippen LogP contribution < -0.4 is 5.32 Å². The summed E-state index contributed by atoms with van der Waals surface area (Å²) in [4.78, 5) is 11.7. The molecule has 1 amide bonds. The number of hydrogen-bond acceptors (Lipinski definition) is 2. The Balaban J connectivity index is 3.08. The van der Waals surface area contributed by atoms with E-state index in [9.17, 15) is 4.79 Å². The first-order valence-electron chi connectivity index (χ1n) is 13.2. The zero-order valence-corrected chi connectivity index (χ0v) is 20.1. The Morgan fingerprint density at radius 2 is 0.966 bits per heavy atom. The second-order valence-electron chi connectivity index (χ2n) is 8.72. The van der Waals surface area contributed by atoms with E-state index in [0.29, 0.717) is 19.6 Å². The van der Waals surface area contributed by atoms with Crippen LogP contribution in [-0.2, 0) is 9.53 Å². The van der Waals surface area contributed by atoms with Crippen molar-refractivity contribution in [2.75, 3.05) is 19.8 Å². The zero-order chi connectivity index (χ0) is 21.3. The van der Waals surface area contributed by atoms with Crippen molar-refractivity contribution in [3.05, 3.63) is 0 Å². The number of amides is 1. The van der Waals surface area contributed by atoms with Crippen molar-refractivity contribution in [2.45, 2.75) is 142 Å². The fourth-order valence-electron chi connectivity index (χ4n) is 3.78. The van der Waals surface area contributed by atoms with Crippen molar-refractivity contribution in [3.8, 4) is 0 Å². The highest BCUT2D eigenvalue weighted by molar-refractivity contribution is 5.75. The van der Waals surface area contributed by atoms with E-state index in [0.717, 1.165) is 19.4 Å². The van der Waals surface area contributed by atoms with Gasteiger partial charge in [0.2, 0.25) is 5.91 Å². The van der Waals surface area contributed by atoms with Gasteiger partial charge in [-0.3, -0.25) is 4.79 Å². The molecule has 0 aromatic carbocycles. The van der Waals surface area contributed by atoms with E-state index in [1.54, 1.807) is 0 Å². The van der Waals surface area contributed by atoms with Gasteiger partial charge in [0.25, 0.3) is 0 Å². The second kappa shape index (κ2) is 25.5. The largest absolute Gasteiger partial charge is 0.380 e. The molecule has 0 heterocycles. The Morgan fingerprint density at radius 3 is 1.38 bits per heavy atom. The van der Waals surface area contributed by atoms with Gasteiger partial charge in [0.05, 0.1) is 6.61 Å². The van der Waals surface area contributed by atoms with E-state index in [2.05, 4.69) is 19.2 Å². The summed E-state index contributed by atoms with van der Waals surface area (Å²) in [6, 6.07) is 0. The lowest BCUT2D eigenvalue weighted by Crippen LogP contribution is -2.27. The molecule has 0 bridgehead atoms. The molecule has 0 fully saturated rings. The highest BCUT2D eigenvalue weighted by atomic mass is 16.5. The van der Waals surface area contributed by atoms with Crippen LogP contribution >= 0.6 is 0 Å². The van der Waals surface area contributed by atoms with Gasteiger partial charge in [0.15, 0.2) is 0 Å². The van der Waals surface area contributed by atoms with Crippen LogP contribution in [0.5, 0.6) is 0 Å². The number of hydrogen-bond donors (Lipinski definition) is 1. The minimum Gasteiger partial charge on any atom is -0.380 e. The highest BCUT2D eigenvalue weighted by Gasteiger charge is 2.00. The molecule has 174 valence electrons. The summed E-state index contributed by atoms with van der Waals surface area (Å²) in [7, 11) is 0. The Morgan fingerprint density at radius 1 is 0.552 bits per heavy atom. The van der Waals surface area contributed by atoms with Gasteiger partial charge in [-0.05, 0) is 12.8 Å². The van der Waals surface area contributed by atoms with Gasteiger partial charge < -0.3 is 10.1 Å². The molecule has 0 unspecified atom stereocenters. The molecule has 0 atom stereocenters. The summed E-state index contributed by atoms with van der Waals surface area (Å²) < 4.78 is 5.36. The van der Waals surface area contributed by atoms with E-state index in [1.165, 1.54) is 109 Å². The number of rotatable bonds is 24. The van der Waals surface area contributed by atoms with E-state index >= 15 is 0 Å². The minimum absolute atomic E-state index is 0.182. The molecule has 0 aliphatic rings. The first kappa shape index (κ1) is 28.4. The molecule has 29 heavy (non-hydrogen) atoms. The SMILES string of the molecule is CCCCCCCCCCCCCCCCCCCCC(=O)NCCOCCC. The van der Waals surface area contributed by atoms with Gasteiger partial charge in [-0.15, -0.1) is 0 Å². The summed E-state index contributed by atoms with van der Waals surface area (Å²) in [5.74, 6) is 0.182. The van der Waals surface area contributed by atoms with Crippen LogP contribution in [0.4, 0.5) is 0 Å². The lowest BCUT2D eigenvalue weighted by Gasteiger charge is -2.06. The van der Waals surface area contributed by atoms with Crippen molar-refractivity contribution in [3.63, 3.8) is 0 Å². The number of carbonyl (C=O) groups excluding carboxylic acids is 1. The Bertz CT molecular complexity index is 320. The predicted molar refractivity (Wildman–Crippen MR) is 128 cm³/mol. The van der Waals surface area contributed by atoms with Crippen molar-refractivity contribution < 1.29 is 9.53 Å². The summed E-state index contributed by atoms with van der Waals surface area (Å²) >= 11 is 0.